The van der Waals surface area contributed by atoms with Gasteiger partial charge in [0.15, 0.2) is 18.2 Å². The highest BCUT2D eigenvalue weighted by Gasteiger charge is 2.33. The van der Waals surface area contributed by atoms with E-state index in [4.69, 9.17) is 16.3 Å². The number of fused-ring (bicyclic) bond motifs is 2. The lowest BCUT2D eigenvalue weighted by atomic mass is 9.83. The Bertz CT molecular complexity index is 1010. The van der Waals surface area contributed by atoms with Crippen LogP contribution in [0, 0.1) is 5.92 Å². The van der Waals surface area contributed by atoms with Gasteiger partial charge in [0.25, 0.3) is 5.91 Å². The molecule has 2 aromatic rings. The number of carbonyl (C=O) groups excluding carboxylic acids is 4. The van der Waals surface area contributed by atoms with Gasteiger partial charge in [-0.1, -0.05) is 49.7 Å². The summed E-state index contributed by atoms with van der Waals surface area (Å²) in [6.07, 6.45) is 1.25. The van der Waals surface area contributed by atoms with Crippen LogP contribution >= 0.6 is 11.6 Å². The molecule has 0 fully saturated rings. The zero-order valence-corrected chi connectivity index (χ0v) is 16.8. The number of amides is 1. The minimum atomic E-state index is -0.604. The number of esters is 1. The molecule has 0 radical (unpaired) electrons. The number of anilines is 1. The molecule has 0 saturated carbocycles. The van der Waals surface area contributed by atoms with Crippen molar-refractivity contribution in [1.82, 2.24) is 0 Å². The van der Waals surface area contributed by atoms with E-state index in [-0.39, 0.29) is 44.7 Å². The first-order valence-corrected chi connectivity index (χ1v) is 9.74. The summed E-state index contributed by atoms with van der Waals surface area (Å²) in [5, 5.41) is 2.69. The summed E-state index contributed by atoms with van der Waals surface area (Å²) >= 11 is 6.19. The minimum absolute atomic E-state index is 0.0425. The zero-order chi connectivity index (χ0) is 21.1. The highest BCUT2D eigenvalue weighted by atomic mass is 35.5. The highest BCUT2D eigenvalue weighted by Crippen LogP contribution is 2.36. The fraction of sp³-hybridized carbons (Fsp3) is 0.273. The molecule has 0 saturated heterocycles. The number of hydrogen-bond acceptors (Lipinski definition) is 5. The van der Waals surface area contributed by atoms with Gasteiger partial charge in [0.05, 0.1) is 27.8 Å². The fourth-order valence-electron chi connectivity index (χ4n) is 3.35. The molecule has 6 nitrogen and oxygen atoms in total. The van der Waals surface area contributed by atoms with E-state index in [1.54, 1.807) is 24.3 Å². The van der Waals surface area contributed by atoms with Gasteiger partial charge < -0.3 is 10.1 Å². The molecule has 0 atom stereocenters. The van der Waals surface area contributed by atoms with E-state index in [0.29, 0.717) is 12.8 Å². The number of nitrogens with one attached hydrogen (secondary N) is 1. The summed E-state index contributed by atoms with van der Waals surface area (Å²) in [6.45, 7) is 3.26. The lowest BCUT2D eigenvalue weighted by Crippen LogP contribution is -2.27. The molecule has 1 aliphatic carbocycles. The van der Waals surface area contributed by atoms with Crippen LogP contribution in [0.15, 0.2) is 36.4 Å². The average molecular weight is 414 g/mol. The van der Waals surface area contributed by atoms with Gasteiger partial charge in [0.1, 0.15) is 0 Å². The van der Waals surface area contributed by atoms with Gasteiger partial charge >= 0.3 is 5.97 Å². The van der Waals surface area contributed by atoms with Crippen LogP contribution in [0.3, 0.4) is 0 Å². The molecule has 0 aliphatic heterocycles. The lowest BCUT2D eigenvalue weighted by Gasteiger charge is -2.21. The largest absolute Gasteiger partial charge is 0.455 e. The van der Waals surface area contributed by atoms with Gasteiger partial charge in [0.2, 0.25) is 0 Å². The summed E-state index contributed by atoms with van der Waals surface area (Å²) in [5.74, 6) is -2.09. The summed E-state index contributed by atoms with van der Waals surface area (Å²) in [7, 11) is 0. The van der Waals surface area contributed by atoms with E-state index in [1.807, 2.05) is 13.8 Å². The molecular weight excluding hydrogens is 394 g/mol. The second-order valence-corrected chi connectivity index (χ2v) is 7.13. The SMILES string of the molecule is CCC(CC)C(=O)OCC(=O)Nc1ccc(Cl)c2c1C(=O)c1ccccc1C2=O. The van der Waals surface area contributed by atoms with E-state index in [1.165, 1.54) is 12.1 Å². The van der Waals surface area contributed by atoms with Crippen molar-refractivity contribution in [2.75, 3.05) is 11.9 Å². The van der Waals surface area contributed by atoms with Crippen LogP contribution in [0.4, 0.5) is 5.69 Å². The molecule has 7 heteroatoms. The van der Waals surface area contributed by atoms with Crippen molar-refractivity contribution in [3.05, 3.63) is 63.7 Å². The van der Waals surface area contributed by atoms with E-state index in [9.17, 15) is 19.2 Å². The molecule has 2 aromatic carbocycles. The van der Waals surface area contributed by atoms with Crippen molar-refractivity contribution >= 4 is 40.7 Å². The Hall–Kier alpha value is -2.99. The van der Waals surface area contributed by atoms with Crippen LogP contribution in [0.2, 0.25) is 5.02 Å². The van der Waals surface area contributed by atoms with Gasteiger partial charge in [-0.25, -0.2) is 0 Å². The normalized spacial score (nSPS) is 12.4. The molecule has 0 spiro atoms. The van der Waals surface area contributed by atoms with Crippen LogP contribution < -0.4 is 5.32 Å². The predicted molar refractivity (Wildman–Crippen MR) is 108 cm³/mol. The minimum Gasteiger partial charge on any atom is -0.455 e. The molecule has 1 amide bonds. The lowest BCUT2D eigenvalue weighted by molar-refractivity contribution is -0.151. The first-order valence-electron chi connectivity index (χ1n) is 9.36. The van der Waals surface area contributed by atoms with E-state index >= 15 is 0 Å². The van der Waals surface area contributed by atoms with Crippen molar-refractivity contribution in [1.29, 1.82) is 0 Å². The maximum absolute atomic E-state index is 13.0. The van der Waals surface area contributed by atoms with Crippen molar-refractivity contribution in [2.45, 2.75) is 26.7 Å². The van der Waals surface area contributed by atoms with Crippen molar-refractivity contribution in [3.63, 3.8) is 0 Å². The smallest absolute Gasteiger partial charge is 0.309 e. The molecule has 150 valence electrons. The molecule has 0 heterocycles. The van der Waals surface area contributed by atoms with Gasteiger partial charge in [-0.05, 0) is 25.0 Å². The van der Waals surface area contributed by atoms with E-state index in [2.05, 4.69) is 5.32 Å². The van der Waals surface area contributed by atoms with Crippen LogP contribution in [0.1, 0.15) is 58.5 Å². The van der Waals surface area contributed by atoms with Crippen molar-refractivity contribution < 1.29 is 23.9 Å². The Morgan fingerprint density at radius 1 is 0.966 bits per heavy atom. The zero-order valence-electron chi connectivity index (χ0n) is 16.1. The summed E-state index contributed by atoms with van der Waals surface area (Å²) in [5.41, 5.74) is 0.779. The maximum atomic E-state index is 13.0. The van der Waals surface area contributed by atoms with Crippen molar-refractivity contribution in [3.8, 4) is 0 Å². The van der Waals surface area contributed by atoms with Crippen molar-refractivity contribution in [2.24, 2.45) is 5.92 Å². The predicted octanol–water partition coefficient (Wildman–Crippen LogP) is 4.03. The second-order valence-electron chi connectivity index (χ2n) is 6.72. The standard InChI is InChI=1S/C22H20ClNO5/c1-3-12(4-2)22(28)29-11-17(25)24-16-10-9-15(23)18-19(16)21(27)14-8-6-5-7-13(14)20(18)26/h5-10,12H,3-4,11H2,1-2H3,(H,24,25). The number of benzene rings is 2. The Morgan fingerprint density at radius 2 is 1.55 bits per heavy atom. The first kappa shape index (κ1) is 20.7. The second kappa shape index (κ2) is 8.57. The summed E-state index contributed by atoms with van der Waals surface area (Å²) in [6, 6.07) is 9.37. The molecular formula is C22H20ClNO5. The topological polar surface area (TPSA) is 89.5 Å². The fourth-order valence-corrected chi connectivity index (χ4v) is 3.59. The third-order valence-corrected chi connectivity index (χ3v) is 5.28. The number of halogens is 1. The first-order chi connectivity index (χ1) is 13.9. The summed E-state index contributed by atoms with van der Waals surface area (Å²) in [4.78, 5) is 50.1. The average Bonchev–Trinajstić information content (AvgIpc) is 2.72. The van der Waals surface area contributed by atoms with Gasteiger partial charge in [-0.3, -0.25) is 19.2 Å². The third kappa shape index (κ3) is 3.93. The Labute approximate surface area is 173 Å². The van der Waals surface area contributed by atoms with Gasteiger partial charge in [-0.2, -0.15) is 0 Å². The number of hydrogen-bond donors (Lipinski definition) is 1. The van der Waals surface area contributed by atoms with Crippen LogP contribution in [-0.4, -0.2) is 30.0 Å². The van der Waals surface area contributed by atoms with Crippen LogP contribution in [0.5, 0.6) is 0 Å². The quantitative estimate of drug-likeness (QED) is 0.616. The number of rotatable bonds is 6. The molecule has 29 heavy (non-hydrogen) atoms. The Balaban J connectivity index is 1.86. The van der Waals surface area contributed by atoms with E-state index < -0.39 is 24.3 Å². The van der Waals surface area contributed by atoms with E-state index in [0.717, 1.165) is 0 Å². The van der Waals surface area contributed by atoms with Crippen LogP contribution in [-0.2, 0) is 14.3 Å². The monoisotopic (exact) mass is 413 g/mol. The Morgan fingerprint density at radius 3 is 2.14 bits per heavy atom. The number of carbonyl (C=O) groups is 4. The molecule has 0 aromatic heterocycles. The van der Waals surface area contributed by atoms with Gasteiger partial charge in [-0.15, -0.1) is 0 Å². The van der Waals surface area contributed by atoms with Gasteiger partial charge in [0, 0.05) is 11.1 Å². The third-order valence-electron chi connectivity index (χ3n) is 4.96. The van der Waals surface area contributed by atoms with Crippen LogP contribution in [0.25, 0.3) is 0 Å². The molecule has 1 aliphatic rings. The highest BCUT2D eigenvalue weighted by molar-refractivity contribution is 6.40. The molecule has 3 rings (SSSR count). The number of ether oxygens (including phenoxy) is 1. The molecule has 0 unspecified atom stereocenters. The Kier molecular flexibility index (Phi) is 6.13. The maximum Gasteiger partial charge on any atom is 0.309 e. The number of ketones is 2. The molecule has 1 N–H and O–H groups in total. The molecule has 0 bridgehead atoms. The summed E-state index contributed by atoms with van der Waals surface area (Å²) < 4.78 is 5.06.